The van der Waals surface area contributed by atoms with E-state index >= 15 is 0 Å². The van der Waals surface area contributed by atoms with E-state index < -0.39 is 11.4 Å². The maximum atomic E-state index is 13.0. The van der Waals surface area contributed by atoms with Crippen LogP contribution in [0.5, 0.6) is 0 Å². The Bertz CT molecular complexity index is 826. The van der Waals surface area contributed by atoms with Crippen molar-refractivity contribution < 1.29 is 23.8 Å². The van der Waals surface area contributed by atoms with Gasteiger partial charge in [-0.05, 0) is 31.4 Å². The number of carboxylic acids is 1. The summed E-state index contributed by atoms with van der Waals surface area (Å²) in [6, 6.07) is 7.35. The molecule has 2 aromatic rings. The molecule has 2 aliphatic heterocycles. The summed E-state index contributed by atoms with van der Waals surface area (Å²) in [5.41, 5.74) is 0.0668. The Morgan fingerprint density at radius 1 is 1.38 bits per heavy atom. The van der Waals surface area contributed by atoms with Crippen LogP contribution < -0.4 is 0 Å². The quantitative estimate of drug-likeness (QED) is 0.914. The number of ether oxygens (including phenoxy) is 1. The average Bonchev–Trinajstić information content (AvgIpc) is 3.13. The van der Waals surface area contributed by atoms with Gasteiger partial charge in [-0.15, -0.1) is 0 Å². The number of rotatable bonds is 2. The van der Waals surface area contributed by atoms with Crippen molar-refractivity contribution in [3.05, 3.63) is 35.6 Å². The molecule has 2 atom stereocenters. The molecule has 126 valence electrons. The minimum Gasteiger partial charge on any atom is -0.481 e. The van der Waals surface area contributed by atoms with Crippen molar-refractivity contribution in [1.29, 1.82) is 0 Å². The van der Waals surface area contributed by atoms with Crippen molar-refractivity contribution in [3.8, 4) is 0 Å². The third-order valence-electron chi connectivity index (χ3n) is 5.28. The molecule has 1 N–H and O–H groups in total. The molecule has 0 spiro atoms. The molecular weight excluding hydrogens is 310 g/mol. The number of nitrogens with zero attached hydrogens (tertiary/aromatic N) is 1. The van der Waals surface area contributed by atoms with Gasteiger partial charge >= 0.3 is 5.97 Å². The van der Waals surface area contributed by atoms with E-state index in [1.165, 1.54) is 0 Å². The van der Waals surface area contributed by atoms with Gasteiger partial charge in [0.15, 0.2) is 0 Å². The molecule has 1 aromatic heterocycles. The molecule has 2 saturated heterocycles. The first kappa shape index (κ1) is 15.2. The highest BCUT2D eigenvalue weighted by molar-refractivity contribution is 6.05. The zero-order valence-corrected chi connectivity index (χ0v) is 13.4. The Morgan fingerprint density at radius 2 is 2.21 bits per heavy atom. The standard InChI is InChI=1S/C18H19NO5/c1-11-7-12-3-2-4-14(15(12)24-11)16(20)19-8-13-5-6-23-10-18(13,9-19)17(21)22/h2-4,7,13H,5-6,8-10H2,1H3,(H,21,22)/t13-,18+/m0/s1. The van der Waals surface area contributed by atoms with E-state index in [4.69, 9.17) is 9.15 Å². The number of carbonyl (C=O) groups is 2. The Hall–Kier alpha value is -2.34. The average molecular weight is 329 g/mol. The molecule has 24 heavy (non-hydrogen) atoms. The SMILES string of the molecule is Cc1cc2cccc(C(=O)N3C[C@@H]4CCOC[C@]4(C(=O)O)C3)c2o1. The van der Waals surface area contributed by atoms with Crippen molar-refractivity contribution >= 4 is 22.8 Å². The second-order valence-corrected chi connectivity index (χ2v) is 6.77. The van der Waals surface area contributed by atoms with Crippen LogP contribution in [0, 0.1) is 18.3 Å². The molecule has 4 rings (SSSR count). The lowest BCUT2D eigenvalue weighted by molar-refractivity contribution is -0.159. The highest BCUT2D eigenvalue weighted by Gasteiger charge is 2.55. The lowest BCUT2D eigenvalue weighted by Gasteiger charge is -2.33. The van der Waals surface area contributed by atoms with Crippen molar-refractivity contribution in [2.45, 2.75) is 13.3 Å². The molecule has 0 radical (unpaired) electrons. The second-order valence-electron chi connectivity index (χ2n) is 6.77. The van der Waals surface area contributed by atoms with Crippen LogP contribution in [-0.2, 0) is 9.53 Å². The molecule has 6 heteroatoms. The zero-order chi connectivity index (χ0) is 16.9. The third kappa shape index (κ3) is 2.13. The largest absolute Gasteiger partial charge is 0.481 e. The van der Waals surface area contributed by atoms with Gasteiger partial charge in [0.25, 0.3) is 5.91 Å². The summed E-state index contributed by atoms with van der Waals surface area (Å²) in [6.07, 6.45) is 0.667. The number of carbonyl (C=O) groups excluding carboxylic acids is 1. The number of fused-ring (bicyclic) bond motifs is 2. The van der Waals surface area contributed by atoms with E-state index in [-0.39, 0.29) is 25.0 Å². The molecule has 0 aliphatic carbocycles. The van der Waals surface area contributed by atoms with Crippen LogP contribution in [0.15, 0.2) is 28.7 Å². The minimum atomic E-state index is -0.985. The Balaban J connectivity index is 1.69. The molecule has 0 unspecified atom stereocenters. The molecule has 2 fully saturated rings. The number of likely N-dealkylation sites (tertiary alicyclic amines) is 1. The van der Waals surface area contributed by atoms with Gasteiger partial charge in [-0.25, -0.2) is 0 Å². The number of hydrogen-bond acceptors (Lipinski definition) is 4. The topological polar surface area (TPSA) is 80.0 Å². The summed E-state index contributed by atoms with van der Waals surface area (Å²) in [7, 11) is 0. The van der Waals surface area contributed by atoms with Crippen LogP contribution in [0.4, 0.5) is 0 Å². The smallest absolute Gasteiger partial charge is 0.314 e. The normalized spacial score (nSPS) is 26.5. The molecule has 0 saturated carbocycles. The Morgan fingerprint density at radius 3 is 2.96 bits per heavy atom. The number of amides is 1. The van der Waals surface area contributed by atoms with Gasteiger partial charge in [-0.1, -0.05) is 12.1 Å². The summed E-state index contributed by atoms with van der Waals surface area (Å²) in [5.74, 6) is -0.375. The first-order chi connectivity index (χ1) is 11.5. The van der Waals surface area contributed by atoms with Gasteiger partial charge in [0.1, 0.15) is 16.8 Å². The molecule has 6 nitrogen and oxygen atoms in total. The van der Waals surface area contributed by atoms with Crippen LogP contribution in [0.2, 0.25) is 0 Å². The number of benzene rings is 1. The lowest BCUT2D eigenvalue weighted by Crippen LogP contribution is -2.46. The van der Waals surface area contributed by atoms with E-state index in [0.29, 0.717) is 30.7 Å². The van der Waals surface area contributed by atoms with E-state index in [1.54, 1.807) is 11.0 Å². The molecule has 3 heterocycles. The molecule has 1 aromatic carbocycles. The monoisotopic (exact) mass is 329 g/mol. The summed E-state index contributed by atoms with van der Waals surface area (Å²) < 4.78 is 11.1. The van der Waals surface area contributed by atoms with Gasteiger partial charge in [0.05, 0.1) is 12.2 Å². The third-order valence-corrected chi connectivity index (χ3v) is 5.28. The maximum Gasteiger partial charge on any atom is 0.314 e. The highest BCUT2D eigenvalue weighted by Crippen LogP contribution is 2.42. The molecule has 0 bridgehead atoms. The number of para-hydroxylation sites is 1. The van der Waals surface area contributed by atoms with Crippen LogP contribution in [0.25, 0.3) is 11.0 Å². The number of aliphatic carboxylic acids is 1. The summed E-state index contributed by atoms with van der Waals surface area (Å²) in [4.78, 5) is 26.5. The molecule has 1 amide bonds. The predicted octanol–water partition coefficient (Wildman–Crippen LogP) is 2.30. The maximum absolute atomic E-state index is 13.0. The molecule has 2 aliphatic rings. The summed E-state index contributed by atoms with van der Waals surface area (Å²) >= 11 is 0. The fraction of sp³-hybridized carbons (Fsp3) is 0.444. The van der Waals surface area contributed by atoms with E-state index in [1.807, 2.05) is 25.1 Å². The van der Waals surface area contributed by atoms with Crippen LogP contribution >= 0.6 is 0 Å². The van der Waals surface area contributed by atoms with Gasteiger partial charge in [-0.3, -0.25) is 9.59 Å². The minimum absolute atomic E-state index is 0.0646. The van der Waals surface area contributed by atoms with Crippen LogP contribution in [0.1, 0.15) is 22.5 Å². The molecular formula is C18H19NO5. The first-order valence-corrected chi connectivity index (χ1v) is 8.11. The number of aryl methyl sites for hydroxylation is 1. The van der Waals surface area contributed by atoms with Crippen molar-refractivity contribution in [1.82, 2.24) is 4.90 Å². The summed E-state index contributed by atoms with van der Waals surface area (Å²) in [5, 5.41) is 10.6. The lowest BCUT2D eigenvalue weighted by atomic mass is 9.76. The van der Waals surface area contributed by atoms with Crippen molar-refractivity contribution in [3.63, 3.8) is 0 Å². The fourth-order valence-corrected chi connectivity index (χ4v) is 3.98. The van der Waals surface area contributed by atoms with Gasteiger partial charge in [-0.2, -0.15) is 0 Å². The van der Waals surface area contributed by atoms with Crippen molar-refractivity contribution in [2.75, 3.05) is 26.3 Å². The van der Waals surface area contributed by atoms with Gasteiger partial charge < -0.3 is 19.2 Å². The Labute approximate surface area is 139 Å². The predicted molar refractivity (Wildman–Crippen MR) is 85.8 cm³/mol. The zero-order valence-electron chi connectivity index (χ0n) is 13.4. The highest BCUT2D eigenvalue weighted by atomic mass is 16.5. The van der Waals surface area contributed by atoms with Crippen LogP contribution in [-0.4, -0.2) is 48.2 Å². The Kier molecular flexibility index (Phi) is 3.38. The van der Waals surface area contributed by atoms with Gasteiger partial charge in [0.2, 0.25) is 0 Å². The van der Waals surface area contributed by atoms with E-state index in [9.17, 15) is 14.7 Å². The number of hydrogen-bond donors (Lipinski definition) is 1. The second kappa shape index (κ2) is 5.34. The summed E-state index contributed by atoms with van der Waals surface area (Å²) in [6.45, 7) is 3.19. The van der Waals surface area contributed by atoms with Gasteiger partial charge in [0, 0.05) is 25.1 Å². The van der Waals surface area contributed by atoms with E-state index in [2.05, 4.69) is 0 Å². The fourth-order valence-electron chi connectivity index (χ4n) is 3.98. The first-order valence-electron chi connectivity index (χ1n) is 8.11. The van der Waals surface area contributed by atoms with Crippen LogP contribution in [0.3, 0.4) is 0 Å². The van der Waals surface area contributed by atoms with Crippen molar-refractivity contribution in [2.24, 2.45) is 11.3 Å². The van der Waals surface area contributed by atoms with E-state index in [0.717, 1.165) is 11.1 Å². The number of furan rings is 1. The number of carboxylic acid groups (broad SMARTS) is 1.